The third-order valence-electron chi connectivity index (χ3n) is 5.35. The molecule has 3 heterocycles. The number of nitrogens with one attached hydrogen (secondary N) is 1. The highest BCUT2D eigenvalue weighted by molar-refractivity contribution is 7.09. The molecule has 1 fully saturated rings. The van der Waals surface area contributed by atoms with Crippen molar-refractivity contribution < 1.29 is 9.59 Å². The third kappa shape index (κ3) is 4.91. The molecule has 1 aromatic carbocycles. The lowest BCUT2D eigenvalue weighted by Crippen LogP contribution is -2.49. The number of benzene rings is 1. The monoisotopic (exact) mass is 422 g/mol. The van der Waals surface area contributed by atoms with Gasteiger partial charge in [0.2, 0.25) is 5.91 Å². The average Bonchev–Trinajstić information content (AvgIpc) is 3.47. The van der Waals surface area contributed by atoms with Gasteiger partial charge in [-0.25, -0.2) is 0 Å². The Kier molecular flexibility index (Phi) is 6.49. The summed E-state index contributed by atoms with van der Waals surface area (Å²) in [5.74, 6) is -0.0461. The summed E-state index contributed by atoms with van der Waals surface area (Å²) in [5.41, 5.74) is 1.81. The van der Waals surface area contributed by atoms with Crippen LogP contribution in [0, 0.1) is 0 Å². The standard InChI is InChI=1S/C23H26N4O2S/c28-22(26-15-13-25(14-16-26)19-6-2-1-3-7-19)10-11-24-23(29)21-9-4-12-27(21)18-20-8-5-17-30-20/h1-9,12,17H,10-11,13-16,18H2,(H,24,29). The molecule has 3 aromatic rings. The van der Waals surface area contributed by atoms with Crippen LogP contribution in [0.15, 0.2) is 66.2 Å². The minimum atomic E-state index is -0.141. The molecule has 2 aromatic heterocycles. The number of aromatic nitrogens is 1. The number of anilines is 1. The van der Waals surface area contributed by atoms with Crippen LogP contribution in [-0.2, 0) is 11.3 Å². The fourth-order valence-electron chi connectivity index (χ4n) is 3.71. The van der Waals surface area contributed by atoms with Gasteiger partial charge in [0.05, 0.1) is 6.54 Å². The molecule has 1 saturated heterocycles. The number of carbonyl (C=O) groups excluding carboxylic acids is 2. The van der Waals surface area contributed by atoms with E-state index < -0.39 is 0 Å². The molecule has 156 valence electrons. The van der Waals surface area contributed by atoms with Gasteiger partial charge in [0.25, 0.3) is 5.91 Å². The molecule has 0 aliphatic carbocycles. The topological polar surface area (TPSA) is 57.6 Å². The number of nitrogens with zero attached hydrogens (tertiary/aromatic N) is 3. The summed E-state index contributed by atoms with van der Waals surface area (Å²) in [7, 11) is 0. The van der Waals surface area contributed by atoms with Crippen LogP contribution in [0.25, 0.3) is 0 Å². The Bertz CT molecular complexity index is 960. The summed E-state index contributed by atoms with van der Waals surface area (Å²) >= 11 is 1.67. The predicted octanol–water partition coefficient (Wildman–Crippen LogP) is 3.07. The van der Waals surface area contributed by atoms with E-state index in [2.05, 4.69) is 28.4 Å². The van der Waals surface area contributed by atoms with Crippen LogP contribution in [-0.4, -0.2) is 54.0 Å². The molecule has 0 radical (unpaired) electrons. The van der Waals surface area contributed by atoms with Gasteiger partial charge in [0.15, 0.2) is 0 Å². The van der Waals surface area contributed by atoms with Crippen molar-refractivity contribution in [1.29, 1.82) is 0 Å². The summed E-state index contributed by atoms with van der Waals surface area (Å²) < 4.78 is 1.94. The number of carbonyl (C=O) groups is 2. The molecule has 2 amide bonds. The average molecular weight is 423 g/mol. The molecule has 7 heteroatoms. The summed E-state index contributed by atoms with van der Waals surface area (Å²) in [6, 6.07) is 18.0. The van der Waals surface area contributed by atoms with Gasteiger partial charge >= 0.3 is 0 Å². The van der Waals surface area contributed by atoms with Crippen molar-refractivity contribution >= 4 is 28.8 Å². The Morgan fingerprint density at radius 2 is 1.73 bits per heavy atom. The van der Waals surface area contributed by atoms with Gasteiger partial charge in [-0.3, -0.25) is 9.59 Å². The Balaban J connectivity index is 1.22. The zero-order valence-corrected chi connectivity index (χ0v) is 17.7. The normalized spacial score (nSPS) is 14.0. The van der Waals surface area contributed by atoms with E-state index in [9.17, 15) is 9.59 Å². The largest absolute Gasteiger partial charge is 0.368 e. The Hall–Kier alpha value is -3.06. The van der Waals surface area contributed by atoms with Crippen LogP contribution in [0.5, 0.6) is 0 Å². The van der Waals surface area contributed by atoms with Crippen molar-refractivity contribution in [2.45, 2.75) is 13.0 Å². The first kappa shape index (κ1) is 20.2. The SMILES string of the molecule is O=C(NCCC(=O)N1CCN(c2ccccc2)CC1)c1cccn1Cc1cccs1. The molecular formula is C23H26N4O2S. The van der Waals surface area contributed by atoms with Crippen LogP contribution in [0.4, 0.5) is 5.69 Å². The Morgan fingerprint density at radius 3 is 2.47 bits per heavy atom. The van der Waals surface area contributed by atoms with Crippen LogP contribution in [0.2, 0.25) is 0 Å². The zero-order chi connectivity index (χ0) is 20.8. The van der Waals surface area contributed by atoms with Crippen molar-refractivity contribution in [1.82, 2.24) is 14.8 Å². The molecule has 4 rings (SSSR count). The molecule has 1 aliphatic heterocycles. The fraction of sp³-hybridized carbons (Fsp3) is 0.304. The van der Waals surface area contributed by atoms with Crippen molar-refractivity contribution in [2.75, 3.05) is 37.6 Å². The van der Waals surface area contributed by atoms with E-state index >= 15 is 0 Å². The third-order valence-corrected chi connectivity index (χ3v) is 6.21. The quantitative estimate of drug-likeness (QED) is 0.637. The number of para-hydroxylation sites is 1. The highest BCUT2D eigenvalue weighted by Crippen LogP contribution is 2.16. The molecule has 0 unspecified atom stereocenters. The van der Waals surface area contributed by atoms with E-state index in [1.165, 1.54) is 10.6 Å². The van der Waals surface area contributed by atoms with Crippen LogP contribution in [0.1, 0.15) is 21.8 Å². The van der Waals surface area contributed by atoms with Crippen molar-refractivity contribution in [3.05, 3.63) is 76.7 Å². The molecule has 0 atom stereocenters. The maximum atomic E-state index is 12.6. The number of amides is 2. The lowest BCUT2D eigenvalue weighted by molar-refractivity contribution is -0.131. The van der Waals surface area contributed by atoms with Crippen molar-refractivity contribution in [3.8, 4) is 0 Å². The van der Waals surface area contributed by atoms with Gasteiger partial charge < -0.3 is 19.7 Å². The molecular weight excluding hydrogens is 396 g/mol. The van der Waals surface area contributed by atoms with Gasteiger partial charge in [0, 0.05) is 55.9 Å². The zero-order valence-electron chi connectivity index (χ0n) is 16.9. The van der Waals surface area contributed by atoms with Crippen molar-refractivity contribution in [3.63, 3.8) is 0 Å². The molecule has 0 saturated carbocycles. The minimum absolute atomic E-state index is 0.0944. The summed E-state index contributed by atoms with van der Waals surface area (Å²) in [4.78, 5) is 30.5. The van der Waals surface area contributed by atoms with Gasteiger partial charge in [-0.05, 0) is 35.7 Å². The van der Waals surface area contributed by atoms with Crippen LogP contribution >= 0.6 is 11.3 Å². The lowest BCUT2D eigenvalue weighted by Gasteiger charge is -2.36. The maximum Gasteiger partial charge on any atom is 0.267 e. The second-order valence-corrected chi connectivity index (χ2v) is 8.34. The highest BCUT2D eigenvalue weighted by Gasteiger charge is 2.21. The maximum absolute atomic E-state index is 12.6. The molecule has 0 bridgehead atoms. The first-order valence-corrected chi connectivity index (χ1v) is 11.1. The lowest BCUT2D eigenvalue weighted by atomic mass is 10.2. The van der Waals surface area contributed by atoms with Crippen LogP contribution in [0.3, 0.4) is 0 Å². The van der Waals surface area contributed by atoms with E-state index in [1.807, 2.05) is 57.4 Å². The van der Waals surface area contributed by atoms with Gasteiger partial charge in [0.1, 0.15) is 5.69 Å². The second-order valence-electron chi connectivity index (χ2n) is 7.31. The van der Waals surface area contributed by atoms with Crippen LogP contribution < -0.4 is 10.2 Å². The number of rotatable bonds is 7. The second kappa shape index (κ2) is 9.63. The van der Waals surface area contributed by atoms with E-state index in [1.54, 1.807) is 11.3 Å². The Labute approximate surface area is 180 Å². The summed E-state index contributed by atoms with van der Waals surface area (Å²) in [6.45, 7) is 4.12. The first-order chi connectivity index (χ1) is 14.7. The molecule has 1 N–H and O–H groups in total. The van der Waals surface area contributed by atoms with E-state index in [0.29, 0.717) is 38.3 Å². The number of thiophene rings is 1. The number of piperazine rings is 1. The summed E-state index contributed by atoms with van der Waals surface area (Å²) in [5, 5.41) is 4.93. The minimum Gasteiger partial charge on any atom is -0.368 e. The smallest absolute Gasteiger partial charge is 0.267 e. The molecule has 6 nitrogen and oxygen atoms in total. The first-order valence-electron chi connectivity index (χ1n) is 10.2. The van der Waals surface area contributed by atoms with E-state index in [4.69, 9.17) is 0 Å². The molecule has 0 spiro atoms. The fourth-order valence-corrected chi connectivity index (χ4v) is 4.42. The predicted molar refractivity (Wildman–Crippen MR) is 120 cm³/mol. The van der Waals surface area contributed by atoms with E-state index in [0.717, 1.165) is 13.1 Å². The molecule has 1 aliphatic rings. The molecule has 30 heavy (non-hydrogen) atoms. The summed E-state index contributed by atoms with van der Waals surface area (Å²) in [6.07, 6.45) is 2.23. The van der Waals surface area contributed by atoms with Crippen molar-refractivity contribution in [2.24, 2.45) is 0 Å². The van der Waals surface area contributed by atoms with Gasteiger partial charge in [-0.2, -0.15) is 0 Å². The van der Waals surface area contributed by atoms with Gasteiger partial charge in [-0.1, -0.05) is 24.3 Å². The highest BCUT2D eigenvalue weighted by atomic mass is 32.1. The number of hydrogen-bond donors (Lipinski definition) is 1. The van der Waals surface area contributed by atoms with Gasteiger partial charge in [-0.15, -0.1) is 11.3 Å². The number of hydrogen-bond acceptors (Lipinski definition) is 4. The van der Waals surface area contributed by atoms with E-state index in [-0.39, 0.29) is 11.8 Å². The Morgan fingerprint density at radius 1 is 0.933 bits per heavy atom.